The highest BCUT2D eigenvalue weighted by molar-refractivity contribution is 6.32. The van der Waals surface area contributed by atoms with Crippen molar-refractivity contribution in [3.8, 4) is 5.75 Å². The molecule has 5 nitrogen and oxygen atoms in total. The molecule has 1 aromatic rings. The molecule has 0 radical (unpaired) electrons. The smallest absolute Gasteiger partial charge is 0.220 e. The zero-order valence-corrected chi connectivity index (χ0v) is 14.0. The molecule has 1 aromatic carbocycles. The summed E-state index contributed by atoms with van der Waals surface area (Å²) in [6.45, 7) is 1.86. The van der Waals surface area contributed by atoms with Gasteiger partial charge in [-0.25, -0.2) is 0 Å². The third-order valence-electron chi connectivity index (χ3n) is 3.72. The van der Waals surface area contributed by atoms with Gasteiger partial charge in [-0.05, 0) is 24.1 Å². The number of aliphatic hydroxyl groups is 1. The summed E-state index contributed by atoms with van der Waals surface area (Å²) in [6.07, 6.45) is 0.658. The summed E-state index contributed by atoms with van der Waals surface area (Å²) in [5, 5.41) is 16.2. The summed E-state index contributed by atoms with van der Waals surface area (Å²) in [4.78, 5) is 11.8. The molecule has 124 valence electrons. The number of benzene rings is 1. The number of rotatable bonds is 6. The SMILES string of the molecule is COc1ccc(CCC(=O)NCC2CNCC2O)cc1Cl.Cl. The molecule has 1 fully saturated rings. The lowest BCUT2D eigenvalue weighted by Crippen LogP contribution is -2.34. The number of β-amino-alcohol motifs (C(OH)–C–C–N with tert-alkyl or cyclic N) is 1. The number of ether oxygens (including phenoxy) is 1. The molecular formula is C15H22Cl2N2O3. The standard InChI is InChI=1S/C15H21ClN2O3.ClH/c1-21-14-4-2-10(6-12(14)16)3-5-15(20)18-8-11-7-17-9-13(11)19;/h2,4,6,11,13,17,19H,3,5,7-9H2,1H3,(H,18,20);1H. The summed E-state index contributed by atoms with van der Waals surface area (Å²) in [7, 11) is 1.57. The average Bonchev–Trinajstić information content (AvgIpc) is 2.88. The number of halogens is 2. The number of hydrogen-bond acceptors (Lipinski definition) is 4. The Labute approximate surface area is 141 Å². The van der Waals surface area contributed by atoms with Gasteiger partial charge in [0.15, 0.2) is 0 Å². The summed E-state index contributed by atoms with van der Waals surface area (Å²) < 4.78 is 5.09. The highest BCUT2D eigenvalue weighted by atomic mass is 35.5. The van der Waals surface area contributed by atoms with E-state index in [1.165, 1.54) is 0 Å². The maximum Gasteiger partial charge on any atom is 0.220 e. The molecule has 0 aliphatic carbocycles. The van der Waals surface area contributed by atoms with Gasteiger partial charge in [0.1, 0.15) is 5.75 Å². The lowest BCUT2D eigenvalue weighted by Gasteiger charge is -2.14. The van der Waals surface area contributed by atoms with Gasteiger partial charge in [0.2, 0.25) is 5.91 Å². The van der Waals surface area contributed by atoms with Gasteiger partial charge < -0.3 is 20.5 Å². The van der Waals surface area contributed by atoms with Crippen molar-refractivity contribution >= 4 is 29.9 Å². The van der Waals surface area contributed by atoms with Crippen molar-refractivity contribution in [2.24, 2.45) is 5.92 Å². The zero-order chi connectivity index (χ0) is 15.2. The van der Waals surface area contributed by atoms with E-state index in [0.29, 0.717) is 36.7 Å². The van der Waals surface area contributed by atoms with Gasteiger partial charge in [0, 0.05) is 32.0 Å². The predicted molar refractivity (Wildman–Crippen MR) is 88.9 cm³/mol. The van der Waals surface area contributed by atoms with Crippen molar-refractivity contribution in [3.05, 3.63) is 28.8 Å². The Morgan fingerprint density at radius 3 is 2.86 bits per heavy atom. The van der Waals surface area contributed by atoms with Gasteiger partial charge in [-0.3, -0.25) is 4.79 Å². The third kappa shape index (κ3) is 5.32. The number of carbonyl (C=O) groups excluding carboxylic acids is 1. The molecule has 2 atom stereocenters. The van der Waals surface area contributed by atoms with Gasteiger partial charge in [0.05, 0.1) is 18.2 Å². The number of amides is 1. The topological polar surface area (TPSA) is 70.6 Å². The van der Waals surface area contributed by atoms with Crippen LogP contribution in [0.4, 0.5) is 0 Å². The molecule has 1 aliphatic heterocycles. The number of aliphatic hydroxyl groups excluding tert-OH is 1. The van der Waals surface area contributed by atoms with E-state index in [-0.39, 0.29) is 30.3 Å². The largest absolute Gasteiger partial charge is 0.495 e. The summed E-state index contributed by atoms with van der Waals surface area (Å²) in [5.74, 6) is 0.720. The number of nitrogens with one attached hydrogen (secondary N) is 2. The highest BCUT2D eigenvalue weighted by Crippen LogP contribution is 2.25. The van der Waals surface area contributed by atoms with Gasteiger partial charge in [-0.15, -0.1) is 12.4 Å². The van der Waals surface area contributed by atoms with Gasteiger partial charge >= 0.3 is 0 Å². The molecule has 1 heterocycles. The molecule has 1 saturated heterocycles. The second-order valence-corrected chi connectivity index (χ2v) is 5.67. The van der Waals surface area contributed by atoms with Crippen LogP contribution in [-0.2, 0) is 11.2 Å². The Hall–Kier alpha value is -1.01. The number of hydrogen-bond donors (Lipinski definition) is 3. The molecule has 2 unspecified atom stereocenters. The molecule has 22 heavy (non-hydrogen) atoms. The van der Waals surface area contributed by atoms with Crippen LogP contribution in [0.25, 0.3) is 0 Å². The molecule has 0 bridgehead atoms. The van der Waals surface area contributed by atoms with E-state index in [1.54, 1.807) is 13.2 Å². The van der Waals surface area contributed by atoms with Crippen LogP contribution in [0.5, 0.6) is 5.75 Å². The van der Waals surface area contributed by atoms with E-state index >= 15 is 0 Å². The number of carbonyl (C=O) groups is 1. The molecular weight excluding hydrogens is 327 g/mol. The summed E-state index contributed by atoms with van der Waals surface area (Å²) >= 11 is 6.05. The molecule has 7 heteroatoms. The molecule has 3 N–H and O–H groups in total. The first kappa shape index (κ1) is 19.0. The Kier molecular flexibility index (Phi) is 7.96. The summed E-state index contributed by atoms with van der Waals surface area (Å²) in [5.41, 5.74) is 0.999. The number of methoxy groups -OCH3 is 1. The van der Waals surface area contributed by atoms with Gasteiger partial charge in [-0.2, -0.15) is 0 Å². The summed E-state index contributed by atoms with van der Waals surface area (Å²) in [6, 6.07) is 5.52. The first-order valence-electron chi connectivity index (χ1n) is 7.08. The fraction of sp³-hybridized carbons (Fsp3) is 0.533. The molecule has 0 spiro atoms. The van der Waals surface area contributed by atoms with Crippen molar-refractivity contribution in [2.75, 3.05) is 26.7 Å². The maximum atomic E-state index is 11.8. The van der Waals surface area contributed by atoms with Crippen LogP contribution in [0.3, 0.4) is 0 Å². The van der Waals surface area contributed by atoms with E-state index in [4.69, 9.17) is 16.3 Å². The molecule has 0 saturated carbocycles. The first-order chi connectivity index (χ1) is 10.1. The van der Waals surface area contributed by atoms with E-state index in [0.717, 1.165) is 12.1 Å². The minimum absolute atomic E-state index is 0. The van der Waals surface area contributed by atoms with Gasteiger partial charge in [-0.1, -0.05) is 17.7 Å². The van der Waals surface area contributed by atoms with Crippen molar-refractivity contribution in [2.45, 2.75) is 18.9 Å². The lowest BCUT2D eigenvalue weighted by atomic mass is 10.1. The Morgan fingerprint density at radius 1 is 1.50 bits per heavy atom. The van der Waals surface area contributed by atoms with Crippen molar-refractivity contribution < 1.29 is 14.6 Å². The molecule has 1 aliphatic rings. The van der Waals surface area contributed by atoms with Crippen molar-refractivity contribution in [1.82, 2.24) is 10.6 Å². The minimum Gasteiger partial charge on any atom is -0.495 e. The normalized spacial score (nSPS) is 20.3. The highest BCUT2D eigenvalue weighted by Gasteiger charge is 2.24. The van der Waals surface area contributed by atoms with Crippen LogP contribution in [-0.4, -0.2) is 43.9 Å². The van der Waals surface area contributed by atoms with Crippen LogP contribution in [0.15, 0.2) is 18.2 Å². The second kappa shape index (κ2) is 9.20. The van der Waals surface area contributed by atoms with Crippen LogP contribution < -0.4 is 15.4 Å². The van der Waals surface area contributed by atoms with Crippen LogP contribution in [0, 0.1) is 5.92 Å². The maximum absolute atomic E-state index is 11.8. The monoisotopic (exact) mass is 348 g/mol. The van der Waals surface area contributed by atoms with Crippen molar-refractivity contribution in [1.29, 1.82) is 0 Å². The van der Waals surface area contributed by atoms with E-state index in [2.05, 4.69) is 10.6 Å². The second-order valence-electron chi connectivity index (χ2n) is 5.26. The fourth-order valence-electron chi connectivity index (χ4n) is 2.38. The minimum atomic E-state index is -0.370. The Balaban J connectivity index is 0.00000242. The zero-order valence-electron chi connectivity index (χ0n) is 12.5. The molecule has 0 aromatic heterocycles. The third-order valence-corrected chi connectivity index (χ3v) is 4.02. The van der Waals surface area contributed by atoms with E-state index in [9.17, 15) is 9.90 Å². The first-order valence-corrected chi connectivity index (χ1v) is 7.46. The Bertz CT molecular complexity index is 500. The Morgan fingerprint density at radius 2 is 2.27 bits per heavy atom. The van der Waals surface area contributed by atoms with E-state index in [1.807, 2.05) is 12.1 Å². The van der Waals surface area contributed by atoms with Gasteiger partial charge in [0.25, 0.3) is 0 Å². The van der Waals surface area contributed by atoms with Crippen LogP contribution in [0.1, 0.15) is 12.0 Å². The van der Waals surface area contributed by atoms with Crippen LogP contribution in [0.2, 0.25) is 5.02 Å². The molecule has 2 rings (SSSR count). The van der Waals surface area contributed by atoms with E-state index < -0.39 is 0 Å². The number of aryl methyl sites for hydroxylation is 1. The fourth-order valence-corrected chi connectivity index (χ4v) is 2.66. The van der Waals surface area contributed by atoms with Crippen LogP contribution >= 0.6 is 24.0 Å². The molecule has 1 amide bonds. The average molecular weight is 349 g/mol. The quantitative estimate of drug-likeness (QED) is 0.726. The van der Waals surface area contributed by atoms with Crippen molar-refractivity contribution in [3.63, 3.8) is 0 Å². The predicted octanol–water partition coefficient (Wildman–Crippen LogP) is 1.40. The lowest BCUT2D eigenvalue weighted by molar-refractivity contribution is -0.121.